The summed E-state index contributed by atoms with van der Waals surface area (Å²) in [6.45, 7) is 5.87. The van der Waals surface area contributed by atoms with Gasteiger partial charge in [-0.15, -0.1) is 11.8 Å². The van der Waals surface area contributed by atoms with E-state index in [1.165, 1.54) is 11.8 Å². The fraction of sp³-hybridized carbons (Fsp3) is 0.364. The molecule has 8 heteroatoms. The summed E-state index contributed by atoms with van der Waals surface area (Å²) in [4.78, 5) is 28.3. The van der Waals surface area contributed by atoms with Gasteiger partial charge in [-0.05, 0) is 62.2 Å². The lowest BCUT2D eigenvalue weighted by Gasteiger charge is -2.30. The maximum absolute atomic E-state index is 13.1. The number of hydrogen-bond acceptors (Lipinski definition) is 3. The number of rotatable bonds is 9. The van der Waals surface area contributed by atoms with Gasteiger partial charge in [0.1, 0.15) is 6.04 Å². The highest BCUT2D eigenvalue weighted by Gasteiger charge is 2.27. The van der Waals surface area contributed by atoms with Gasteiger partial charge in [0.25, 0.3) is 0 Å². The molecule has 0 heterocycles. The Hall–Kier alpha value is -1.40. The molecule has 0 saturated heterocycles. The van der Waals surface area contributed by atoms with E-state index in [2.05, 4.69) is 5.32 Å². The Labute approximate surface area is 197 Å². The van der Waals surface area contributed by atoms with Crippen LogP contribution in [0.15, 0.2) is 47.4 Å². The van der Waals surface area contributed by atoms with Crippen LogP contribution in [0.3, 0.4) is 0 Å². The molecule has 4 nitrogen and oxygen atoms in total. The lowest BCUT2D eigenvalue weighted by atomic mass is 10.1. The van der Waals surface area contributed by atoms with E-state index >= 15 is 0 Å². The number of thioether (sulfide) groups is 1. The van der Waals surface area contributed by atoms with Gasteiger partial charge in [-0.25, -0.2) is 0 Å². The molecule has 2 aromatic rings. The Morgan fingerprint density at radius 2 is 1.67 bits per heavy atom. The predicted octanol–water partition coefficient (Wildman–Crippen LogP) is 6.07. The average molecular weight is 488 g/mol. The second-order valence-corrected chi connectivity index (χ2v) is 9.32. The van der Waals surface area contributed by atoms with Gasteiger partial charge in [0.05, 0.1) is 5.75 Å². The van der Waals surface area contributed by atoms with Crippen molar-refractivity contribution >= 4 is 58.4 Å². The van der Waals surface area contributed by atoms with E-state index in [9.17, 15) is 9.59 Å². The van der Waals surface area contributed by atoms with Crippen LogP contribution in [0, 0.1) is 0 Å². The molecule has 2 amide bonds. The monoisotopic (exact) mass is 486 g/mol. The zero-order chi connectivity index (χ0) is 22.3. The van der Waals surface area contributed by atoms with E-state index in [1.807, 2.05) is 26.0 Å². The number of amides is 2. The molecule has 0 radical (unpaired) electrons. The van der Waals surface area contributed by atoms with E-state index < -0.39 is 6.04 Å². The van der Waals surface area contributed by atoms with Crippen molar-refractivity contribution in [2.75, 3.05) is 5.75 Å². The molecule has 0 aliphatic carbocycles. The summed E-state index contributed by atoms with van der Waals surface area (Å²) in [6.07, 6.45) is 0.807. The van der Waals surface area contributed by atoms with E-state index in [-0.39, 0.29) is 30.2 Å². The zero-order valence-electron chi connectivity index (χ0n) is 17.1. The first kappa shape index (κ1) is 24.9. The van der Waals surface area contributed by atoms with Crippen molar-refractivity contribution < 1.29 is 9.59 Å². The van der Waals surface area contributed by atoms with Crippen molar-refractivity contribution in [2.24, 2.45) is 0 Å². The van der Waals surface area contributed by atoms with E-state index in [0.29, 0.717) is 15.1 Å². The van der Waals surface area contributed by atoms with Gasteiger partial charge in [0.15, 0.2) is 0 Å². The first-order valence-corrected chi connectivity index (χ1v) is 11.7. The zero-order valence-corrected chi connectivity index (χ0v) is 20.2. The van der Waals surface area contributed by atoms with E-state index in [1.54, 1.807) is 42.2 Å². The average Bonchev–Trinajstić information content (AvgIpc) is 2.72. The van der Waals surface area contributed by atoms with Gasteiger partial charge in [0.2, 0.25) is 11.8 Å². The minimum absolute atomic E-state index is 0.0273. The molecule has 0 unspecified atom stereocenters. The van der Waals surface area contributed by atoms with Crippen LogP contribution in [0.1, 0.15) is 32.8 Å². The summed E-state index contributed by atoms with van der Waals surface area (Å²) in [6, 6.07) is 11.8. The maximum atomic E-state index is 13.1. The molecule has 0 aliphatic heterocycles. The summed E-state index contributed by atoms with van der Waals surface area (Å²) < 4.78 is 0. The molecule has 0 saturated carbocycles. The maximum Gasteiger partial charge on any atom is 0.242 e. The summed E-state index contributed by atoms with van der Waals surface area (Å²) in [5.74, 6) is -0.166. The fourth-order valence-corrected chi connectivity index (χ4v) is 4.02. The van der Waals surface area contributed by atoms with Crippen molar-refractivity contribution in [2.45, 2.75) is 50.7 Å². The summed E-state index contributed by atoms with van der Waals surface area (Å²) >= 11 is 19.6. The van der Waals surface area contributed by atoms with Gasteiger partial charge in [-0.3, -0.25) is 9.59 Å². The van der Waals surface area contributed by atoms with Crippen molar-refractivity contribution in [1.29, 1.82) is 0 Å². The standard InChI is InChI=1S/C22H25Cl3N2O2S/c1-4-14(2)26-22(29)15(3)27(12-16-5-6-18(24)11-20(16)25)21(28)13-30-19-9-7-17(23)8-10-19/h5-11,14-15H,4,12-13H2,1-3H3,(H,26,29)/t14-,15-/m1/s1. The molecule has 1 N–H and O–H groups in total. The van der Waals surface area contributed by atoms with Gasteiger partial charge in [-0.2, -0.15) is 0 Å². The summed E-state index contributed by atoms with van der Waals surface area (Å²) in [7, 11) is 0. The quantitative estimate of drug-likeness (QED) is 0.437. The highest BCUT2D eigenvalue weighted by Crippen LogP contribution is 2.25. The molecule has 0 bridgehead atoms. The van der Waals surface area contributed by atoms with Crippen LogP contribution in [-0.4, -0.2) is 34.6 Å². The van der Waals surface area contributed by atoms with Gasteiger partial charge < -0.3 is 10.2 Å². The molecule has 162 valence electrons. The largest absolute Gasteiger partial charge is 0.352 e. The Morgan fingerprint density at radius 3 is 2.27 bits per heavy atom. The lowest BCUT2D eigenvalue weighted by molar-refractivity contribution is -0.138. The van der Waals surface area contributed by atoms with Crippen LogP contribution < -0.4 is 5.32 Å². The number of nitrogens with zero attached hydrogens (tertiary/aromatic N) is 1. The Balaban J connectivity index is 2.18. The number of nitrogens with one attached hydrogen (secondary N) is 1. The highest BCUT2D eigenvalue weighted by molar-refractivity contribution is 8.00. The van der Waals surface area contributed by atoms with Gasteiger partial charge in [0, 0.05) is 32.5 Å². The summed E-state index contributed by atoms with van der Waals surface area (Å²) in [5, 5.41) is 4.56. The molecule has 2 rings (SSSR count). The third kappa shape index (κ3) is 7.38. The minimum atomic E-state index is -0.649. The van der Waals surface area contributed by atoms with Crippen LogP contribution in [0.2, 0.25) is 15.1 Å². The van der Waals surface area contributed by atoms with Crippen LogP contribution >= 0.6 is 46.6 Å². The number of hydrogen-bond donors (Lipinski definition) is 1. The van der Waals surface area contributed by atoms with Gasteiger partial charge in [-0.1, -0.05) is 47.8 Å². The molecule has 0 spiro atoms. The van der Waals surface area contributed by atoms with E-state index in [0.717, 1.165) is 16.9 Å². The second-order valence-electron chi connectivity index (χ2n) is 6.99. The Morgan fingerprint density at radius 1 is 1.03 bits per heavy atom. The van der Waals surface area contributed by atoms with E-state index in [4.69, 9.17) is 34.8 Å². The van der Waals surface area contributed by atoms with Crippen molar-refractivity contribution in [3.05, 3.63) is 63.1 Å². The normalized spacial score (nSPS) is 12.9. The third-order valence-corrected chi connectivity index (χ3v) is 6.54. The predicted molar refractivity (Wildman–Crippen MR) is 127 cm³/mol. The smallest absolute Gasteiger partial charge is 0.242 e. The van der Waals surface area contributed by atoms with Crippen LogP contribution in [0.5, 0.6) is 0 Å². The van der Waals surface area contributed by atoms with Crippen molar-refractivity contribution in [1.82, 2.24) is 10.2 Å². The number of benzene rings is 2. The SMILES string of the molecule is CC[C@@H](C)NC(=O)[C@@H](C)N(Cc1ccc(Cl)cc1Cl)C(=O)CSc1ccc(Cl)cc1. The topological polar surface area (TPSA) is 49.4 Å². The van der Waals surface area contributed by atoms with Gasteiger partial charge >= 0.3 is 0 Å². The van der Waals surface area contributed by atoms with Crippen molar-refractivity contribution in [3.63, 3.8) is 0 Å². The highest BCUT2D eigenvalue weighted by atomic mass is 35.5. The second kappa shape index (κ2) is 11.8. The minimum Gasteiger partial charge on any atom is -0.352 e. The molecular weight excluding hydrogens is 463 g/mol. The Kier molecular flexibility index (Phi) is 9.82. The third-order valence-electron chi connectivity index (χ3n) is 4.70. The molecule has 30 heavy (non-hydrogen) atoms. The van der Waals surface area contributed by atoms with Crippen LogP contribution in [-0.2, 0) is 16.1 Å². The summed E-state index contributed by atoms with van der Waals surface area (Å²) in [5.41, 5.74) is 0.731. The molecule has 0 aliphatic rings. The lowest BCUT2D eigenvalue weighted by Crippen LogP contribution is -2.50. The number of halogens is 3. The Bertz CT molecular complexity index is 877. The first-order valence-electron chi connectivity index (χ1n) is 9.63. The molecule has 2 atom stereocenters. The number of carbonyl (C=O) groups is 2. The molecule has 2 aromatic carbocycles. The number of carbonyl (C=O) groups excluding carboxylic acids is 2. The molecule has 0 aromatic heterocycles. The van der Waals surface area contributed by atoms with Crippen LogP contribution in [0.25, 0.3) is 0 Å². The van der Waals surface area contributed by atoms with Crippen LogP contribution in [0.4, 0.5) is 0 Å². The molecular formula is C22H25Cl3N2O2S. The fourth-order valence-electron chi connectivity index (χ4n) is 2.64. The molecule has 0 fully saturated rings. The first-order chi connectivity index (χ1) is 14.2. The van der Waals surface area contributed by atoms with Crippen molar-refractivity contribution in [3.8, 4) is 0 Å².